The van der Waals surface area contributed by atoms with E-state index in [1.54, 1.807) is 5.57 Å². The summed E-state index contributed by atoms with van der Waals surface area (Å²) in [6.07, 6.45) is 8.61. The summed E-state index contributed by atoms with van der Waals surface area (Å²) in [6.45, 7) is 3.66. The minimum Gasteiger partial charge on any atom is -0.483 e. The number of anilines is 1. The molecule has 2 N–H and O–H groups in total. The molecule has 0 bridgehead atoms. The summed E-state index contributed by atoms with van der Waals surface area (Å²) >= 11 is 3.53. The number of allylic oxidation sites excluding steroid dienone is 1. The Hall–Kier alpha value is -2.11. The van der Waals surface area contributed by atoms with E-state index in [-0.39, 0.29) is 12.5 Å². The number of rotatable bonds is 9. The van der Waals surface area contributed by atoms with Crippen LogP contribution in [0.25, 0.3) is 0 Å². The lowest BCUT2D eigenvalue weighted by Crippen LogP contribution is -2.21. The van der Waals surface area contributed by atoms with Crippen LogP contribution in [-0.2, 0) is 11.3 Å². The molecule has 3 rings (SSSR count). The van der Waals surface area contributed by atoms with Crippen LogP contribution in [0.5, 0.6) is 5.75 Å². The van der Waals surface area contributed by atoms with Crippen LogP contribution in [0.4, 0.5) is 5.69 Å². The van der Waals surface area contributed by atoms with E-state index in [0.717, 1.165) is 40.0 Å². The molecule has 1 aliphatic rings. The second-order valence-electron chi connectivity index (χ2n) is 7.49. The van der Waals surface area contributed by atoms with E-state index in [1.165, 1.54) is 25.7 Å². The van der Waals surface area contributed by atoms with Gasteiger partial charge in [0.05, 0.1) is 0 Å². The van der Waals surface area contributed by atoms with Crippen LogP contribution in [0.2, 0.25) is 0 Å². The molecule has 0 saturated carbocycles. The number of carbonyl (C=O) groups is 1. The lowest BCUT2D eigenvalue weighted by molar-refractivity contribution is -0.118. The lowest BCUT2D eigenvalue weighted by atomic mass is 9.97. The first-order chi connectivity index (χ1) is 14.1. The molecule has 0 saturated heterocycles. The smallest absolute Gasteiger partial charge is 0.262 e. The Morgan fingerprint density at radius 2 is 1.97 bits per heavy atom. The Morgan fingerprint density at radius 1 is 1.14 bits per heavy atom. The van der Waals surface area contributed by atoms with Crippen molar-refractivity contribution in [2.24, 2.45) is 0 Å². The molecular weight excluding hydrogens is 428 g/mol. The monoisotopic (exact) mass is 456 g/mol. The summed E-state index contributed by atoms with van der Waals surface area (Å²) in [5, 5.41) is 6.37. The van der Waals surface area contributed by atoms with Gasteiger partial charge in [-0.05, 0) is 75.9 Å². The van der Waals surface area contributed by atoms with E-state index in [4.69, 9.17) is 4.74 Å². The van der Waals surface area contributed by atoms with Crippen LogP contribution in [0.1, 0.15) is 43.2 Å². The Labute approximate surface area is 181 Å². The molecule has 2 aromatic rings. The first kappa shape index (κ1) is 21.6. The normalized spacial score (nSPS) is 13.7. The number of benzene rings is 2. The van der Waals surface area contributed by atoms with Gasteiger partial charge < -0.3 is 15.4 Å². The summed E-state index contributed by atoms with van der Waals surface area (Å²) in [6, 6.07) is 13.6. The zero-order chi connectivity index (χ0) is 20.5. The summed E-state index contributed by atoms with van der Waals surface area (Å²) in [5.74, 6) is 0.566. The molecule has 0 spiro atoms. The first-order valence-corrected chi connectivity index (χ1v) is 11.1. The van der Waals surface area contributed by atoms with Gasteiger partial charge in [0, 0.05) is 22.3 Å². The molecule has 0 aromatic heterocycles. The van der Waals surface area contributed by atoms with E-state index >= 15 is 0 Å². The number of nitrogens with one attached hydrogen (secondary N) is 2. The van der Waals surface area contributed by atoms with Gasteiger partial charge in [-0.2, -0.15) is 0 Å². The Bertz CT molecular complexity index is 846. The van der Waals surface area contributed by atoms with Crippen LogP contribution in [0.3, 0.4) is 0 Å². The predicted molar refractivity (Wildman–Crippen MR) is 122 cm³/mol. The van der Waals surface area contributed by atoms with Gasteiger partial charge in [0.2, 0.25) is 0 Å². The fraction of sp³-hybridized carbons (Fsp3) is 0.375. The molecule has 0 fully saturated rings. The molecule has 0 heterocycles. The van der Waals surface area contributed by atoms with Gasteiger partial charge >= 0.3 is 0 Å². The highest BCUT2D eigenvalue weighted by molar-refractivity contribution is 9.10. The Kier molecular flexibility index (Phi) is 8.32. The van der Waals surface area contributed by atoms with Crippen molar-refractivity contribution in [1.29, 1.82) is 0 Å². The zero-order valence-electron chi connectivity index (χ0n) is 17.0. The standard InChI is InChI=1S/C24H29BrN2O2/c1-18-7-10-22(11-8-18)27-24(28)17-29-23-12-9-21(25)15-20(23)16-26-14-13-19-5-3-2-4-6-19/h5,7-12,15,26H,2-4,6,13-14,16-17H2,1H3,(H,27,28). The minimum atomic E-state index is -0.167. The summed E-state index contributed by atoms with van der Waals surface area (Å²) in [5.41, 5.74) is 4.55. The molecule has 5 heteroatoms. The number of aryl methyl sites for hydroxylation is 1. The molecule has 29 heavy (non-hydrogen) atoms. The molecule has 0 unspecified atom stereocenters. The molecule has 4 nitrogen and oxygen atoms in total. The minimum absolute atomic E-state index is 0.0185. The van der Waals surface area contributed by atoms with Crippen LogP contribution in [-0.4, -0.2) is 19.1 Å². The molecule has 1 aliphatic carbocycles. The Morgan fingerprint density at radius 3 is 2.72 bits per heavy atom. The summed E-state index contributed by atoms with van der Waals surface area (Å²) < 4.78 is 6.81. The Balaban J connectivity index is 1.49. The van der Waals surface area contributed by atoms with Crippen molar-refractivity contribution in [2.45, 2.75) is 45.6 Å². The molecule has 2 aromatic carbocycles. The number of halogens is 1. The van der Waals surface area contributed by atoms with Crippen LogP contribution < -0.4 is 15.4 Å². The van der Waals surface area contributed by atoms with Gasteiger partial charge in [-0.3, -0.25) is 4.79 Å². The van der Waals surface area contributed by atoms with Crippen molar-refractivity contribution in [2.75, 3.05) is 18.5 Å². The molecule has 154 valence electrons. The van der Waals surface area contributed by atoms with Gasteiger partial charge in [0.15, 0.2) is 6.61 Å². The SMILES string of the molecule is Cc1ccc(NC(=O)COc2ccc(Br)cc2CNCCC2=CCCCC2)cc1. The third-order valence-corrected chi connectivity index (χ3v) is 5.53. The van der Waals surface area contributed by atoms with Crippen LogP contribution in [0, 0.1) is 6.92 Å². The van der Waals surface area contributed by atoms with Crippen molar-refractivity contribution in [1.82, 2.24) is 5.32 Å². The second-order valence-corrected chi connectivity index (χ2v) is 8.41. The van der Waals surface area contributed by atoms with Crippen molar-refractivity contribution >= 4 is 27.5 Å². The predicted octanol–water partition coefficient (Wildman–Crippen LogP) is 5.76. The number of ether oxygens (including phenoxy) is 1. The van der Waals surface area contributed by atoms with E-state index in [2.05, 4.69) is 32.6 Å². The average Bonchev–Trinajstić information content (AvgIpc) is 2.73. The van der Waals surface area contributed by atoms with Crippen molar-refractivity contribution < 1.29 is 9.53 Å². The van der Waals surface area contributed by atoms with Gasteiger partial charge in [0.1, 0.15) is 5.75 Å². The number of hydrogen-bond donors (Lipinski definition) is 2. The fourth-order valence-electron chi connectivity index (χ4n) is 3.41. The topological polar surface area (TPSA) is 50.4 Å². The maximum atomic E-state index is 12.2. The number of amides is 1. The quantitative estimate of drug-likeness (QED) is 0.372. The summed E-state index contributed by atoms with van der Waals surface area (Å²) in [7, 11) is 0. The molecule has 0 radical (unpaired) electrons. The van der Waals surface area contributed by atoms with Crippen molar-refractivity contribution in [3.63, 3.8) is 0 Å². The highest BCUT2D eigenvalue weighted by atomic mass is 79.9. The van der Waals surface area contributed by atoms with E-state index in [0.29, 0.717) is 6.54 Å². The van der Waals surface area contributed by atoms with Crippen molar-refractivity contribution in [3.05, 3.63) is 69.7 Å². The number of hydrogen-bond acceptors (Lipinski definition) is 3. The summed E-state index contributed by atoms with van der Waals surface area (Å²) in [4.78, 5) is 12.2. The van der Waals surface area contributed by atoms with E-state index in [9.17, 15) is 4.79 Å². The highest BCUT2D eigenvalue weighted by Gasteiger charge is 2.09. The second kappa shape index (κ2) is 11.2. The maximum absolute atomic E-state index is 12.2. The van der Waals surface area contributed by atoms with Gasteiger partial charge in [-0.25, -0.2) is 0 Å². The zero-order valence-corrected chi connectivity index (χ0v) is 18.6. The van der Waals surface area contributed by atoms with Gasteiger partial charge in [0.25, 0.3) is 5.91 Å². The largest absolute Gasteiger partial charge is 0.483 e. The fourth-order valence-corrected chi connectivity index (χ4v) is 3.82. The maximum Gasteiger partial charge on any atom is 0.262 e. The third kappa shape index (κ3) is 7.33. The van der Waals surface area contributed by atoms with Gasteiger partial charge in [-0.1, -0.05) is 45.3 Å². The average molecular weight is 457 g/mol. The first-order valence-electron chi connectivity index (χ1n) is 10.3. The molecule has 0 aliphatic heterocycles. The highest BCUT2D eigenvalue weighted by Crippen LogP contribution is 2.24. The third-order valence-electron chi connectivity index (χ3n) is 5.04. The van der Waals surface area contributed by atoms with Crippen LogP contribution in [0.15, 0.2) is 58.6 Å². The lowest BCUT2D eigenvalue weighted by Gasteiger charge is -2.15. The molecule has 1 amide bonds. The van der Waals surface area contributed by atoms with Gasteiger partial charge in [-0.15, -0.1) is 0 Å². The van der Waals surface area contributed by atoms with E-state index < -0.39 is 0 Å². The number of carbonyl (C=O) groups excluding carboxylic acids is 1. The van der Waals surface area contributed by atoms with Crippen molar-refractivity contribution in [3.8, 4) is 5.75 Å². The molecular formula is C24H29BrN2O2. The molecule has 0 atom stereocenters. The van der Waals surface area contributed by atoms with Crippen LogP contribution >= 0.6 is 15.9 Å². The van der Waals surface area contributed by atoms with E-state index in [1.807, 2.05) is 49.4 Å².